The smallest absolute Gasteiger partial charge is 0.336 e. The molecule has 0 saturated heterocycles. The second-order valence-corrected chi connectivity index (χ2v) is 13.2. The van der Waals surface area contributed by atoms with Gasteiger partial charge in [0.1, 0.15) is 12.7 Å². The fraction of sp³-hybridized carbons (Fsp3) is 0.741. The highest BCUT2D eigenvalue weighted by Crippen LogP contribution is 2.26. The van der Waals surface area contributed by atoms with Crippen LogP contribution < -0.4 is 17.1 Å². The molecule has 0 fully saturated rings. The molecule has 1 aromatic heterocycles. The van der Waals surface area contributed by atoms with Crippen LogP contribution in [0, 0.1) is 5.41 Å². The van der Waals surface area contributed by atoms with E-state index in [9.17, 15) is 34.2 Å². The normalized spacial score (nSPS) is 13.8. The molecule has 234 valence electrons. The molecule has 41 heavy (non-hydrogen) atoms. The molecule has 0 aliphatic carbocycles. The van der Waals surface area contributed by atoms with Crippen LogP contribution in [0.3, 0.4) is 0 Å². The molecule has 0 aliphatic rings. The summed E-state index contributed by atoms with van der Waals surface area (Å²) in [5.41, 5.74) is -3.02. The maximum atomic E-state index is 13.1. The van der Waals surface area contributed by atoms with Crippen molar-refractivity contribution >= 4 is 33.5 Å². The maximum Gasteiger partial charge on any atom is 0.336 e. The summed E-state index contributed by atoms with van der Waals surface area (Å²) in [5.74, 6) is 0.134. The number of hydrogen-bond donors (Lipinski definition) is 2. The number of esters is 2. The average molecular weight is 620 g/mol. The minimum atomic E-state index is -1.39. The lowest BCUT2D eigenvalue weighted by molar-refractivity contribution is -0.148. The summed E-state index contributed by atoms with van der Waals surface area (Å²) in [6, 6.07) is 0. The quantitative estimate of drug-likeness (QED) is 0.0951. The van der Waals surface area contributed by atoms with Crippen LogP contribution in [-0.4, -0.2) is 72.3 Å². The van der Waals surface area contributed by atoms with E-state index in [0.29, 0.717) is 22.5 Å². The number of aliphatic hydroxyl groups excluding tert-OH is 2. The average Bonchev–Trinajstić information content (AvgIpc) is 2.91. The fourth-order valence-corrected chi connectivity index (χ4v) is 5.54. The van der Waals surface area contributed by atoms with E-state index >= 15 is 0 Å². The molecule has 0 spiro atoms. The van der Waals surface area contributed by atoms with E-state index in [1.165, 1.54) is 27.7 Å². The topological polar surface area (TPSA) is 159 Å². The van der Waals surface area contributed by atoms with Crippen molar-refractivity contribution < 1.29 is 29.3 Å². The van der Waals surface area contributed by atoms with E-state index in [1.807, 2.05) is 34.6 Å². The van der Waals surface area contributed by atoms with Gasteiger partial charge in [-0.05, 0) is 25.2 Å². The maximum absolute atomic E-state index is 13.1. The SMILES string of the molecule is C=CCn1c(=O)n(CC(O)COC(=O)CCSSCCC(=O)OC(C)CC)c(=O)n(CC(O)CC(C)(C)CC)c1=O. The highest BCUT2D eigenvalue weighted by Gasteiger charge is 2.24. The molecule has 0 aromatic carbocycles. The van der Waals surface area contributed by atoms with Gasteiger partial charge in [0.2, 0.25) is 0 Å². The number of nitrogens with zero attached hydrogens (tertiary/aromatic N) is 3. The number of carbonyl (C=O) groups excluding carboxylic acids is 2. The van der Waals surface area contributed by atoms with Crippen LogP contribution in [0.4, 0.5) is 0 Å². The molecule has 12 nitrogen and oxygen atoms in total. The van der Waals surface area contributed by atoms with Gasteiger partial charge in [0.15, 0.2) is 0 Å². The Hall–Kier alpha value is -2.29. The van der Waals surface area contributed by atoms with Crippen LogP contribution in [0.1, 0.15) is 66.7 Å². The predicted molar refractivity (Wildman–Crippen MR) is 161 cm³/mol. The molecule has 2 N–H and O–H groups in total. The van der Waals surface area contributed by atoms with Crippen molar-refractivity contribution in [1.29, 1.82) is 0 Å². The number of hydrogen-bond acceptors (Lipinski definition) is 11. The van der Waals surface area contributed by atoms with Crippen LogP contribution in [0.2, 0.25) is 0 Å². The first-order chi connectivity index (χ1) is 19.3. The molecule has 0 aliphatic heterocycles. The van der Waals surface area contributed by atoms with E-state index in [1.54, 1.807) is 0 Å². The molecule has 3 atom stereocenters. The van der Waals surface area contributed by atoms with E-state index in [4.69, 9.17) is 9.47 Å². The highest BCUT2D eigenvalue weighted by atomic mass is 33.1. The van der Waals surface area contributed by atoms with Crippen LogP contribution in [0.15, 0.2) is 27.0 Å². The zero-order chi connectivity index (χ0) is 31.2. The summed E-state index contributed by atoms with van der Waals surface area (Å²) in [4.78, 5) is 62.6. The monoisotopic (exact) mass is 619 g/mol. The Labute approximate surface area is 248 Å². The fourth-order valence-electron chi connectivity index (χ4n) is 3.60. The summed E-state index contributed by atoms with van der Waals surface area (Å²) < 4.78 is 12.5. The number of aliphatic hydroxyl groups is 2. The van der Waals surface area contributed by atoms with Gasteiger partial charge in [-0.1, -0.05) is 61.8 Å². The van der Waals surface area contributed by atoms with Gasteiger partial charge < -0.3 is 19.7 Å². The third-order valence-corrected chi connectivity index (χ3v) is 8.84. The Kier molecular flexibility index (Phi) is 16.4. The van der Waals surface area contributed by atoms with E-state index in [0.717, 1.165) is 22.0 Å². The van der Waals surface area contributed by atoms with Crippen molar-refractivity contribution in [3.63, 3.8) is 0 Å². The second kappa shape index (κ2) is 18.3. The number of allylic oxidation sites excluding steroid dienone is 1. The number of rotatable bonds is 20. The highest BCUT2D eigenvalue weighted by molar-refractivity contribution is 8.76. The summed E-state index contributed by atoms with van der Waals surface area (Å²) in [7, 11) is 2.84. The molecule has 0 bridgehead atoms. The van der Waals surface area contributed by atoms with Crippen molar-refractivity contribution in [3.8, 4) is 0 Å². The Morgan fingerprint density at radius 3 is 1.95 bits per heavy atom. The third kappa shape index (κ3) is 13.0. The van der Waals surface area contributed by atoms with Gasteiger partial charge in [-0.2, -0.15) is 0 Å². The third-order valence-electron chi connectivity index (χ3n) is 6.44. The first-order valence-electron chi connectivity index (χ1n) is 13.8. The van der Waals surface area contributed by atoms with Gasteiger partial charge in [0, 0.05) is 11.5 Å². The lowest BCUT2D eigenvalue weighted by atomic mass is 9.84. The standard InChI is InChI=1S/C27H45N3O9S2/c1-7-12-28-24(35)29(16-20(31)15-27(5,6)9-3)26(37)30(25(28)36)17-21(32)18-38-22(33)10-13-40-41-14-11-23(34)39-19(4)8-2/h7,19-21,31-32H,1,8-18H2,2-6H3. The van der Waals surface area contributed by atoms with Gasteiger partial charge in [0.05, 0.1) is 44.7 Å². The van der Waals surface area contributed by atoms with Crippen molar-refractivity contribution in [2.75, 3.05) is 18.1 Å². The van der Waals surface area contributed by atoms with Gasteiger partial charge in [-0.3, -0.25) is 9.59 Å². The van der Waals surface area contributed by atoms with Gasteiger partial charge in [-0.15, -0.1) is 6.58 Å². The molecule has 0 amide bonds. The Balaban J connectivity index is 2.72. The van der Waals surface area contributed by atoms with Gasteiger partial charge in [-0.25, -0.2) is 28.1 Å². The van der Waals surface area contributed by atoms with Crippen molar-refractivity contribution in [3.05, 3.63) is 44.1 Å². The van der Waals surface area contributed by atoms with Crippen molar-refractivity contribution in [2.45, 2.75) is 105 Å². The van der Waals surface area contributed by atoms with Crippen molar-refractivity contribution in [1.82, 2.24) is 13.7 Å². The predicted octanol–water partition coefficient (Wildman–Crippen LogP) is 1.95. The lowest BCUT2D eigenvalue weighted by Gasteiger charge is -2.26. The van der Waals surface area contributed by atoms with E-state index in [-0.39, 0.29) is 43.4 Å². The summed E-state index contributed by atoms with van der Waals surface area (Å²) >= 11 is 0. The second-order valence-electron chi connectivity index (χ2n) is 10.5. The Morgan fingerprint density at radius 1 is 0.927 bits per heavy atom. The Bertz CT molecular complexity index is 1180. The molecular weight excluding hydrogens is 574 g/mol. The lowest BCUT2D eigenvalue weighted by Crippen LogP contribution is -2.56. The minimum absolute atomic E-state index is 0.0602. The van der Waals surface area contributed by atoms with Crippen molar-refractivity contribution in [2.24, 2.45) is 5.41 Å². The minimum Gasteiger partial charge on any atom is -0.463 e. The summed E-state index contributed by atoms with van der Waals surface area (Å²) in [6.07, 6.45) is 0.996. The van der Waals surface area contributed by atoms with Crippen LogP contribution in [0.25, 0.3) is 0 Å². The molecule has 1 rings (SSSR count). The van der Waals surface area contributed by atoms with Gasteiger partial charge in [0.25, 0.3) is 0 Å². The van der Waals surface area contributed by atoms with Crippen LogP contribution in [0.5, 0.6) is 0 Å². The molecule has 0 radical (unpaired) electrons. The summed E-state index contributed by atoms with van der Waals surface area (Å²) in [5, 5.41) is 21.0. The number of aromatic nitrogens is 3. The molecule has 0 saturated carbocycles. The molecular formula is C27H45N3O9S2. The molecule has 1 heterocycles. The largest absolute Gasteiger partial charge is 0.463 e. The van der Waals surface area contributed by atoms with Crippen LogP contribution >= 0.6 is 21.6 Å². The molecule has 3 unspecified atom stereocenters. The summed E-state index contributed by atoms with van der Waals surface area (Å²) in [6.45, 7) is 11.7. The van der Waals surface area contributed by atoms with Gasteiger partial charge >= 0.3 is 29.0 Å². The first kappa shape index (κ1) is 36.7. The number of carbonyl (C=O) groups is 2. The zero-order valence-electron chi connectivity index (χ0n) is 24.7. The van der Waals surface area contributed by atoms with E-state index in [2.05, 4.69) is 6.58 Å². The zero-order valence-corrected chi connectivity index (χ0v) is 26.3. The molecule has 14 heteroatoms. The van der Waals surface area contributed by atoms with E-state index < -0.39 is 48.4 Å². The Morgan fingerprint density at radius 2 is 1.44 bits per heavy atom. The van der Waals surface area contributed by atoms with Crippen LogP contribution in [-0.2, 0) is 38.7 Å². The number of ether oxygens (including phenoxy) is 2. The first-order valence-corrected chi connectivity index (χ1v) is 16.3. The molecule has 1 aromatic rings.